The number of aromatic carboxylic acids is 1. The van der Waals surface area contributed by atoms with Gasteiger partial charge in [0.05, 0.1) is 19.0 Å². The van der Waals surface area contributed by atoms with Crippen LogP contribution >= 0.6 is 11.3 Å². The molecule has 0 aliphatic carbocycles. The first-order valence-electron chi connectivity index (χ1n) is 7.77. The van der Waals surface area contributed by atoms with E-state index in [9.17, 15) is 14.4 Å². The average Bonchev–Trinajstić information content (AvgIpc) is 3.02. The van der Waals surface area contributed by atoms with Gasteiger partial charge in [0.1, 0.15) is 4.88 Å². The number of carbonyl (C=O) groups is 3. The van der Waals surface area contributed by atoms with Crippen LogP contribution < -0.4 is 10.6 Å². The van der Waals surface area contributed by atoms with Crippen molar-refractivity contribution in [3.05, 3.63) is 57.3 Å². The number of carboxylic acids is 1. The predicted molar refractivity (Wildman–Crippen MR) is 95.5 cm³/mol. The molecule has 0 aliphatic heterocycles. The fourth-order valence-electron chi connectivity index (χ4n) is 2.33. The first-order valence-corrected chi connectivity index (χ1v) is 8.59. The molecule has 0 spiro atoms. The molecule has 25 heavy (non-hydrogen) atoms. The summed E-state index contributed by atoms with van der Waals surface area (Å²) in [6.45, 7) is 3.64. The van der Waals surface area contributed by atoms with Crippen LogP contribution in [0.15, 0.2) is 36.4 Å². The summed E-state index contributed by atoms with van der Waals surface area (Å²) in [7, 11) is 0. The Morgan fingerprint density at radius 2 is 1.80 bits per heavy atom. The van der Waals surface area contributed by atoms with Crippen molar-refractivity contribution in [2.45, 2.75) is 32.9 Å². The van der Waals surface area contributed by atoms with E-state index in [1.165, 1.54) is 13.0 Å². The van der Waals surface area contributed by atoms with Crippen molar-refractivity contribution in [2.24, 2.45) is 0 Å². The summed E-state index contributed by atoms with van der Waals surface area (Å²) in [6.07, 6.45) is 0.111. The molecule has 7 heteroatoms. The van der Waals surface area contributed by atoms with Gasteiger partial charge in [-0.25, -0.2) is 4.79 Å². The molecular weight excluding hydrogens is 340 g/mol. The number of carboxylic acid groups (broad SMARTS) is 1. The number of carbonyl (C=O) groups excluding carboxylic acids is 2. The third-order valence-corrected chi connectivity index (χ3v) is 4.65. The van der Waals surface area contributed by atoms with Crippen LogP contribution in [-0.2, 0) is 16.1 Å². The second-order valence-corrected chi connectivity index (χ2v) is 6.88. The monoisotopic (exact) mass is 360 g/mol. The number of nitrogens with one attached hydrogen (secondary N) is 2. The van der Waals surface area contributed by atoms with Crippen molar-refractivity contribution in [2.75, 3.05) is 0 Å². The van der Waals surface area contributed by atoms with E-state index in [-0.39, 0.29) is 29.7 Å². The van der Waals surface area contributed by atoms with Crippen LogP contribution in [0.2, 0.25) is 0 Å². The van der Waals surface area contributed by atoms with E-state index in [0.29, 0.717) is 0 Å². The normalized spacial score (nSPS) is 11.6. The lowest BCUT2D eigenvalue weighted by Gasteiger charge is -2.18. The number of benzene rings is 1. The molecule has 6 nitrogen and oxygen atoms in total. The number of amides is 2. The minimum absolute atomic E-state index is 0.111. The quantitative estimate of drug-likeness (QED) is 0.707. The molecule has 2 amide bonds. The van der Waals surface area contributed by atoms with Crippen molar-refractivity contribution in [1.82, 2.24) is 10.6 Å². The molecule has 0 fully saturated rings. The molecule has 3 N–H and O–H groups in total. The van der Waals surface area contributed by atoms with Gasteiger partial charge in [-0.3, -0.25) is 9.59 Å². The lowest BCUT2D eigenvalue weighted by atomic mass is 10.0. The van der Waals surface area contributed by atoms with E-state index in [1.54, 1.807) is 6.07 Å². The summed E-state index contributed by atoms with van der Waals surface area (Å²) in [5.41, 5.74) is 1.96. The molecule has 0 aliphatic rings. The Balaban J connectivity index is 1.97. The van der Waals surface area contributed by atoms with Gasteiger partial charge in [0.25, 0.3) is 0 Å². The standard InChI is InChI=1S/C18H20N2O4S/c1-11-3-5-13(6-4-11)15(20-12(2)21)9-17(22)19-10-14-7-8-16(25-14)18(23)24/h3-8,15H,9-10H2,1-2H3,(H,19,22)(H,20,21)(H,23,24). The summed E-state index contributed by atoms with van der Waals surface area (Å²) in [5.74, 6) is -1.40. The van der Waals surface area contributed by atoms with Gasteiger partial charge in [-0.2, -0.15) is 0 Å². The third kappa shape index (κ3) is 5.72. The van der Waals surface area contributed by atoms with E-state index < -0.39 is 12.0 Å². The molecule has 2 aromatic rings. The van der Waals surface area contributed by atoms with Crippen LogP contribution in [0, 0.1) is 6.92 Å². The second kappa shape index (κ2) is 8.43. The van der Waals surface area contributed by atoms with Crippen molar-refractivity contribution in [3.63, 3.8) is 0 Å². The number of aryl methyl sites for hydroxylation is 1. The summed E-state index contributed by atoms with van der Waals surface area (Å²) >= 11 is 1.13. The lowest BCUT2D eigenvalue weighted by molar-refractivity contribution is -0.122. The molecule has 0 saturated carbocycles. The molecule has 1 heterocycles. The van der Waals surface area contributed by atoms with E-state index >= 15 is 0 Å². The first kappa shape index (κ1) is 18.7. The Morgan fingerprint density at radius 1 is 1.12 bits per heavy atom. The van der Waals surface area contributed by atoms with E-state index in [2.05, 4.69) is 10.6 Å². The molecule has 132 valence electrons. The van der Waals surface area contributed by atoms with Crippen LogP contribution in [0.5, 0.6) is 0 Å². The topological polar surface area (TPSA) is 95.5 Å². The van der Waals surface area contributed by atoms with Crippen LogP contribution in [0.1, 0.15) is 45.1 Å². The Morgan fingerprint density at radius 3 is 2.36 bits per heavy atom. The zero-order valence-corrected chi connectivity index (χ0v) is 14.9. The molecular formula is C18H20N2O4S. The largest absolute Gasteiger partial charge is 0.477 e. The van der Waals surface area contributed by atoms with Crippen LogP contribution in [0.4, 0.5) is 0 Å². The predicted octanol–water partition coefficient (Wildman–Crippen LogP) is 2.64. The van der Waals surface area contributed by atoms with Crippen molar-refractivity contribution in [3.8, 4) is 0 Å². The number of thiophene rings is 1. The molecule has 0 bridgehead atoms. The Hall–Kier alpha value is -2.67. The summed E-state index contributed by atoms with van der Waals surface area (Å²) in [4.78, 5) is 35.5. The molecule has 1 aromatic heterocycles. The Labute approximate surface area is 149 Å². The van der Waals surface area contributed by atoms with Crippen LogP contribution in [-0.4, -0.2) is 22.9 Å². The Kier molecular flexibility index (Phi) is 6.30. The average molecular weight is 360 g/mol. The molecule has 1 atom stereocenters. The third-order valence-electron chi connectivity index (χ3n) is 3.58. The summed E-state index contributed by atoms with van der Waals surface area (Å²) in [5, 5.41) is 14.5. The fraction of sp³-hybridized carbons (Fsp3) is 0.278. The molecule has 2 rings (SSSR count). The maximum Gasteiger partial charge on any atom is 0.345 e. The van der Waals surface area contributed by atoms with E-state index in [4.69, 9.17) is 5.11 Å². The van der Waals surface area contributed by atoms with Crippen molar-refractivity contribution >= 4 is 29.1 Å². The van der Waals surface area contributed by atoms with Gasteiger partial charge in [0.15, 0.2) is 0 Å². The zero-order chi connectivity index (χ0) is 18.4. The van der Waals surface area contributed by atoms with Gasteiger partial charge in [-0.05, 0) is 24.6 Å². The second-order valence-electron chi connectivity index (χ2n) is 5.72. The van der Waals surface area contributed by atoms with Crippen molar-refractivity contribution in [1.29, 1.82) is 0 Å². The molecule has 1 aromatic carbocycles. The highest BCUT2D eigenvalue weighted by atomic mass is 32.1. The molecule has 0 radical (unpaired) electrons. The molecule has 0 saturated heterocycles. The summed E-state index contributed by atoms with van der Waals surface area (Å²) < 4.78 is 0. The maximum absolute atomic E-state index is 12.2. The highest BCUT2D eigenvalue weighted by molar-refractivity contribution is 7.13. The zero-order valence-electron chi connectivity index (χ0n) is 14.0. The summed E-state index contributed by atoms with van der Waals surface area (Å²) in [6, 6.07) is 10.4. The lowest BCUT2D eigenvalue weighted by Crippen LogP contribution is -2.32. The highest BCUT2D eigenvalue weighted by Gasteiger charge is 2.17. The fourth-order valence-corrected chi connectivity index (χ4v) is 3.11. The van der Waals surface area contributed by atoms with Gasteiger partial charge >= 0.3 is 5.97 Å². The minimum atomic E-state index is -0.979. The van der Waals surface area contributed by atoms with Crippen LogP contribution in [0.25, 0.3) is 0 Å². The van der Waals surface area contributed by atoms with E-state index in [1.807, 2.05) is 31.2 Å². The molecule has 1 unspecified atom stereocenters. The van der Waals surface area contributed by atoms with Gasteiger partial charge in [0, 0.05) is 11.8 Å². The SMILES string of the molecule is CC(=O)NC(CC(=O)NCc1ccc(C(=O)O)s1)c1ccc(C)cc1. The Bertz CT molecular complexity index is 768. The van der Waals surface area contributed by atoms with Gasteiger partial charge in [-0.15, -0.1) is 11.3 Å². The number of rotatable bonds is 7. The minimum Gasteiger partial charge on any atom is -0.477 e. The van der Waals surface area contributed by atoms with Crippen LogP contribution in [0.3, 0.4) is 0 Å². The van der Waals surface area contributed by atoms with E-state index in [0.717, 1.165) is 27.3 Å². The van der Waals surface area contributed by atoms with Crippen molar-refractivity contribution < 1.29 is 19.5 Å². The first-order chi connectivity index (χ1) is 11.8. The van der Waals surface area contributed by atoms with Gasteiger partial charge in [-0.1, -0.05) is 29.8 Å². The highest BCUT2D eigenvalue weighted by Crippen LogP contribution is 2.19. The van der Waals surface area contributed by atoms with Gasteiger partial charge in [0.2, 0.25) is 11.8 Å². The smallest absolute Gasteiger partial charge is 0.345 e. The number of hydrogen-bond donors (Lipinski definition) is 3. The number of hydrogen-bond acceptors (Lipinski definition) is 4. The maximum atomic E-state index is 12.2. The van der Waals surface area contributed by atoms with Gasteiger partial charge < -0.3 is 15.7 Å².